The van der Waals surface area contributed by atoms with Crippen LogP contribution in [0.15, 0.2) is 84.9 Å². The number of carbonyl (C=O) groups excluding carboxylic acids is 2. The van der Waals surface area contributed by atoms with Crippen molar-refractivity contribution in [2.45, 2.75) is 19.4 Å². The van der Waals surface area contributed by atoms with Crippen molar-refractivity contribution < 1.29 is 9.59 Å². The molecule has 3 aromatic carbocycles. The first-order valence-corrected chi connectivity index (χ1v) is 12.5. The molecule has 36 heavy (non-hydrogen) atoms. The van der Waals surface area contributed by atoms with Crippen LogP contribution in [-0.2, 0) is 11.3 Å². The fourth-order valence-corrected chi connectivity index (χ4v) is 4.64. The summed E-state index contributed by atoms with van der Waals surface area (Å²) in [7, 11) is 2.02. The van der Waals surface area contributed by atoms with E-state index in [9.17, 15) is 9.59 Å². The number of benzene rings is 3. The molecule has 0 fully saturated rings. The maximum atomic E-state index is 13.8. The van der Waals surface area contributed by atoms with Gasteiger partial charge in [0.05, 0.1) is 29.2 Å². The van der Waals surface area contributed by atoms with E-state index in [0.29, 0.717) is 23.7 Å². The Hall–Kier alpha value is -3.61. The van der Waals surface area contributed by atoms with E-state index in [1.807, 2.05) is 72.6 Å². The van der Waals surface area contributed by atoms with Crippen LogP contribution in [0.2, 0.25) is 5.02 Å². The number of likely N-dealkylation sites (N-methyl/N-ethyl adjacent to an activating group) is 1. The molecule has 2 amide bonds. The minimum atomic E-state index is -0.434. The predicted octanol–water partition coefficient (Wildman–Crippen LogP) is 5.39. The van der Waals surface area contributed by atoms with Crippen LogP contribution in [-0.4, -0.2) is 43.4 Å². The molecule has 1 aliphatic rings. The molecule has 0 aromatic heterocycles. The second kappa shape index (κ2) is 11.9. The summed E-state index contributed by atoms with van der Waals surface area (Å²) in [5.41, 5.74) is 9.56. The third-order valence-corrected chi connectivity index (χ3v) is 6.48. The molecule has 1 heterocycles. The van der Waals surface area contributed by atoms with Crippen LogP contribution >= 0.6 is 11.6 Å². The highest BCUT2D eigenvalue weighted by Gasteiger charge is 2.31. The van der Waals surface area contributed by atoms with Gasteiger partial charge in [-0.1, -0.05) is 60.1 Å². The third kappa shape index (κ3) is 6.14. The maximum absolute atomic E-state index is 13.8. The molecule has 0 bridgehead atoms. The van der Waals surface area contributed by atoms with Crippen LogP contribution in [0, 0.1) is 0 Å². The average molecular weight is 503 g/mol. The molecule has 4 rings (SSSR count). The molecule has 0 saturated heterocycles. The lowest BCUT2D eigenvalue weighted by atomic mass is 10.1. The molecule has 0 saturated carbocycles. The van der Waals surface area contributed by atoms with Crippen molar-refractivity contribution >= 4 is 40.5 Å². The van der Waals surface area contributed by atoms with Gasteiger partial charge in [0, 0.05) is 18.1 Å². The molecule has 0 aliphatic carbocycles. The Morgan fingerprint density at radius 3 is 2.36 bits per heavy atom. The van der Waals surface area contributed by atoms with Crippen LogP contribution in [0.3, 0.4) is 0 Å². The standard InChI is InChI=1S/C29H31ClN4O2/c1-32(18-9-14-28(31)35)17-7-8-19-33-25-12-5-6-13-26(25)34(21-22-10-3-2-4-11-22)29(36)24-16-15-23(30)20-27(24)33/h2-6,9-16,20H,7-8,17-19,21H2,1H3,(H2,31,35)/b14-9+. The number of amides is 2. The number of halogens is 1. The number of hydrogen-bond donors (Lipinski definition) is 1. The van der Waals surface area contributed by atoms with Crippen molar-refractivity contribution in [3.05, 3.63) is 101 Å². The van der Waals surface area contributed by atoms with Gasteiger partial charge in [-0.15, -0.1) is 0 Å². The Bertz CT molecular complexity index is 1250. The van der Waals surface area contributed by atoms with Crippen LogP contribution in [0.1, 0.15) is 28.8 Å². The second-order valence-corrected chi connectivity index (χ2v) is 9.39. The SMILES string of the molecule is CN(C/C=C/C(N)=O)CCCCN1c2cc(Cl)ccc2C(=O)N(Cc2ccccc2)c2ccccc21. The number of hydrogen-bond acceptors (Lipinski definition) is 4. The van der Waals surface area contributed by atoms with Gasteiger partial charge in [0.1, 0.15) is 0 Å². The number of unbranched alkanes of at least 4 members (excludes halogenated alkanes) is 1. The van der Waals surface area contributed by atoms with E-state index in [1.54, 1.807) is 12.1 Å². The normalized spacial score (nSPS) is 13.1. The van der Waals surface area contributed by atoms with Crippen molar-refractivity contribution in [1.29, 1.82) is 0 Å². The van der Waals surface area contributed by atoms with E-state index in [2.05, 4.69) is 15.9 Å². The van der Waals surface area contributed by atoms with Crippen LogP contribution in [0.25, 0.3) is 0 Å². The summed E-state index contributed by atoms with van der Waals surface area (Å²) in [6.07, 6.45) is 5.04. The highest BCUT2D eigenvalue weighted by atomic mass is 35.5. The summed E-state index contributed by atoms with van der Waals surface area (Å²) < 4.78 is 0. The van der Waals surface area contributed by atoms with E-state index in [4.69, 9.17) is 17.3 Å². The zero-order valence-electron chi connectivity index (χ0n) is 20.4. The van der Waals surface area contributed by atoms with Gasteiger partial charge in [0.25, 0.3) is 5.91 Å². The molecular formula is C29H31ClN4O2. The fourth-order valence-electron chi connectivity index (χ4n) is 4.47. The topological polar surface area (TPSA) is 69.9 Å². The summed E-state index contributed by atoms with van der Waals surface area (Å²) >= 11 is 6.41. The summed E-state index contributed by atoms with van der Waals surface area (Å²) in [5, 5.41) is 0.599. The lowest BCUT2D eigenvalue weighted by Crippen LogP contribution is -2.29. The third-order valence-electron chi connectivity index (χ3n) is 6.24. The second-order valence-electron chi connectivity index (χ2n) is 8.95. The van der Waals surface area contributed by atoms with E-state index in [0.717, 1.165) is 48.6 Å². The molecule has 1 aliphatic heterocycles. The molecule has 186 valence electrons. The molecule has 3 aromatic rings. The lowest BCUT2D eigenvalue weighted by Gasteiger charge is -2.28. The molecule has 7 heteroatoms. The summed E-state index contributed by atoms with van der Waals surface area (Å²) in [6, 6.07) is 23.6. The Balaban J connectivity index is 1.59. The molecule has 0 unspecified atom stereocenters. The summed E-state index contributed by atoms with van der Waals surface area (Å²) in [6.45, 7) is 2.76. The lowest BCUT2D eigenvalue weighted by molar-refractivity contribution is -0.113. The quantitative estimate of drug-likeness (QED) is 0.298. The van der Waals surface area contributed by atoms with Crippen LogP contribution in [0.4, 0.5) is 17.1 Å². The fraction of sp³-hybridized carbons (Fsp3) is 0.241. The molecule has 0 radical (unpaired) electrons. The number of nitrogens with zero attached hydrogens (tertiary/aromatic N) is 3. The minimum absolute atomic E-state index is 0.0403. The van der Waals surface area contributed by atoms with Crippen LogP contribution in [0.5, 0.6) is 0 Å². The first kappa shape index (κ1) is 25.5. The average Bonchev–Trinajstić information content (AvgIpc) is 2.96. The number of anilines is 3. The van der Waals surface area contributed by atoms with E-state index >= 15 is 0 Å². The maximum Gasteiger partial charge on any atom is 0.260 e. The molecule has 2 N–H and O–H groups in total. The highest BCUT2D eigenvalue weighted by molar-refractivity contribution is 6.31. The van der Waals surface area contributed by atoms with Crippen molar-refractivity contribution in [3.8, 4) is 0 Å². The van der Waals surface area contributed by atoms with Crippen molar-refractivity contribution in [3.63, 3.8) is 0 Å². The monoisotopic (exact) mass is 502 g/mol. The number of fused-ring (bicyclic) bond motifs is 2. The molecular weight excluding hydrogens is 472 g/mol. The first-order valence-electron chi connectivity index (χ1n) is 12.1. The van der Waals surface area contributed by atoms with Gasteiger partial charge in [-0.2, -0.15) is 0 Å². The summed E-state index contributed by atoms with van der Waals surface area (Å²) in [4.78, 5) is 30.9. The van der Waals surface area contributed by atoms with Gasteiger partial charge < -0.3 is 20.4 Å². The number of rotatable bonds is 10. The number of primary amides is 1. The smallest absolute Gasteiger partial charge is 0.260 e. The molecule has 6 nitrogen and oxygen atoms in total. The molecule has 0 spiro atoms. The van der Waals surface area contributed by atoms with Crippen molar-refractivity contribution in [2.24, 2.45) is 5.73 Å². The van der Waals surface area contributed by atoms with E-state index in [1.165, 1.54) is 6.08 Å². The number of nitrogens with two attached hydrogens (primary N) is 1. The summed E-state index contributed by atoms with van der Waals surface area (Å²) in [5.74, 6) is -0.474. The van der Waals surface area contributed by atoms with Gasteiger partial charge in [-0.05, 0) is 68.4 Å². The van der Waals surface area contributed by atoms with Crippen molar-refractivity contribution in [2.75, 3.05) is 36.5 Å². The minimum Gasteiger partial charge on any atom is -0.366 e. The predicted molar refractivity (Wildman–Crippen MR) is 147 cm³/mol. The van der Waals surface area contributed by atoms with E-state index in [-0.39, 0.29) is 5.91 Å². The number of para-hydroxylation sites is 2. The van der Waals surface area contributed by atoms with Crippen molar-refractivity contribution in [1.82, 2.24) is 4.90 Å². The van der Waals surface area contributed by atoms with Gasteiger partial charge in [0.15, 0.2) is 0 Å². The Labute approximate surface area is 217 Å². The van der Waals surface area contributed by atoms with Gasteiger partial charge in [-0.25, -0.2) is 0 Å². The van der Waals surface area contributed by atoms with Gasteiger partial charge in [0.2, 0.25) is 5.91 Å². The Morgan fingerprint density at radius 2 is 1.64 bits per heavy atom. The largest absolute Gasteiger partial charge is 0.366 e. The van der Waals surface area contributed by atoms with Gasteiger partial charge >= 0.3 is 0 Å². The van der Waals surface area contributed by atoms with Gasteiger partial charge in [-0.3, -0.25) is 9.59 Å². The highest BCUT2D eigenvalue weighted by Crippen LogP contribution is 2.42. The zero-order valence-corrected chi connectivity index (χ0v) is 21.2. The van der Waals surface area contributed by atoms with Crippen LogP contribution < -0.4 is 15.5 Å². The Morgan fingerprint density at radius 1 is 0.944 bits per heavy atom. The molecule has 0 atom stereocenters. The zero-order chi connectivity index (χ0) is 25.5. The van der Waals surface area contributed by atoms with E-state index < -0.39 is 5.91 Å². The number of carbonyl (C=O) groups is 2. The first-order chi connectivity index (χ1) is 17.4. The Kier molecular flexibility index (Phi) is 8.41.